The smallest absolute Gasteiger partial charge is 0.326 e. The Bertz CT molecular complexity index is 536. The third kappa shape index (κ3) is 4.49. The monoisotopic (exact) mass is 327 g/mol. The molecule has 0 radical (unpaired) electrons. The fraction of sp³-hybridized carbons (Fsp3) is 0.611. The van der Waals surface area contributed by atoms with Crippen molar-refractivity contribution in [3.05, 3.63) is 29.8 Å². The van der Waals surface area contributed by atoms with Crippen molar-refractivity contribution in [2.24, 2.45) is 23.7 Å². The lowest BCUT2D eigenvalue weighted by molar-refractivity contribution is -0.137. The van der Waals surface area contributed by atoms with Crippen LogP contribution in [-0.2, 0) is 11.0 Å². The van der Waals surface area contributed by atoms with Crippen LogP contribution in [0.15, 0.2) is 24.3 Å². The molecule has 1 unspecified atom stereocenters. The number of rotatable bonds is 3. The van der Waals surface area contributed by atoms with Crippen LogP contribution in [0.25, 0.3) is 0 Å². The van der Waals surface area contributed by atoms with Crippen molar-refractivity contribution in [1.29, 1.82) is 0 Å². The van der Waals surface area contributed by atoms with Gasteiger partial charge in [-0.1, -0.05) is 27.2 Å². The van der Waals surface area contributed by atoms with E-state index in [0.29, 0.717) is 23.4 Å². The van der Waals surface area contributed by atoms with Crippen LogP contribution in [0, 0.1) is 23.7 Å². The fourth-order valence-electron chi connectivity index (χ4n) is 3.48. The number of hydrogen-bond acceptors (Lipinski definition) is 1. The molecule has 1 aromatic rings. The molecule has 1 saturated carbocycles. The van der Waals surface area contributed by atoms with Crippen molar-refractivity contribution in [3.63, 3.8) is 0 Å². The van der Waals surface area contributed by atoms with E-state index in [1.54, 1.807) is 0 Å². The number of hydrogen-bond donors (Lipinski definition) is 1. The van der Waals surface area contributed by atoms with Crippen molar-refractivity contribution in [1.82, 2.24) is 0 Å². The molecule has 1 aliphatic carbocycles. The summed E-state index contributed by atoms with van der Waals surface area (Å²) in [5.74, 6) is 1.12. The first-order chi connectivity index (χ1) is 10.7. The minimum atomic E-state index is -4.36. The van der Waals surface area contributed by atoms with Gasteiger partial charge in [-0.05, 0) is 54.9 Å². The molecule has 23 heavy (non-hydrogen) atoms. The van der Waals surface area contributed by atoms with Gasteiger partial charge in [0.1, 0.15) is 0 Å². The number of carbonyl (C=O) groups is 1. The van der Waals surface area contributed by atoms with Crippen LogP contribution < -0.4 is 5.32 Å². The summed E-state index contributed by atoms with van der Waals surface area (Å²) in [7, 11) is 0. The zero-order valence-electron chi connectivity index (χ0n) is 13.8. The average molecular weight is 327 g/mol. The second-order valence-electron chi connectivity index (χ2n) is 7.00. The van der Waals surface area contributed by atoms with Gasteiger partial charge >= 0.3 is 6.18 Å². The third-order valence-corrected chi connectivity index (χ3v) is 4.84. The Morgan fingerprint density at radius 3 is 2.30 bits per heavy atom. The van der Waals surface area contributed by atoms with E-state index in [4.69, 9.17) is 0 Å². The maximum atomic E-state index is 12.6. The highest BCUT2D eigenvalue weighted by molar-refractivity contribution is 5.92. The van der Waals surface area contributed by atoms with E-state index in [0.717, 1.165) is 31.4 Å². The summed E-state index contributed by atoms with van der Waals surface area (Å²) in [6.45, 7) is 6.40. The molecule has 128 valence electrons. The normalized spacial score (nSPS) is 25.4. The summed E-state index contributed by atoms with van der Waals surface area (Å²) in [4.78, 5) is 12.6. The van der Waals surface area contributed by atoms with Gasteiger partial charge in [-0.15, -0.1) is 0 Å². The van der Waals surface area contributed by atoms with E-state index >= 15 is 0 Å². The Morgan fingerprint density at radius 2 is 1.78 bits per heavy atom. The molecule has 0 aromatic heterocycles. The van der Waals surface area contributed by atoms with E-state index in [1.807, 2.05) is 0 Å². The largest absolute Gasteiger partial charge is 0.416 e. The van der Waals surface area contributed by atoms with Crippen molar-refractivity contribution in [2.45, 2.75) is 46.2 Å². The van der Waals surface area contributed by atoms with Crippen molar-refractivity contribution in [3.8, 4) is 0 Å². The number of anilines is 1. The van der Waals surface area contributed by atoms with Crippen LogP contribution >= 0.6 is 0 Å². The van der Waals surface area contributed by atoms with E-state index < -0.39 is 11.7 Å². The molecule has 0 aliphatic heterocycles. The quantitative estimate of drug-likeness (QED) is 0.796. The molecule has 2 rings (SSSR count). The van der Waals surface area contributed by atoms with Crippen LogP contribution in [0.5, 0.6) is 0 Å². The molecule has 1 N–H and O–H groups in total. The Balaban J connectivity index is 2.07. The lowest BCUT2D eigenvalue weighted by Crippen LogP contribution is -2.36. The number of amides is 1. The van der Waals surface area contributed by atoms with Gasteiger partial charge in [-0.25, -0.2) is 0 Å². The van der Waals surface area contributed by atoms with Crippen molar-refractivity contribution in [2.75, 3.05) is 5.32 Å². The number of carbonyl (C=O) groups excluding carboxylic acids is 1. The number of nitrogens with one attached hydrogen (secondary N) is 1. The van der Waals surface area contributed by atoms with Gasteiger partial charge in [-0.3, -0.25) is 4.79 Å². The molecular weight excluding hydrogens is 303 g/mol. The second-order valence-corrected chi connectivity index (χ2v) is 7.00. The van der Waals surface area contributed by atoms with Crippen LogP contribution in [0.2, 0.25) is 0 Å². The summed E-state index contributed by atoms with van der Waals surface area (Å²) in [5.41, 5.74) is -0.287. The third-order valence-electron chi connectivity index (χ3n) is 4.84. The maximum Gasteiger partial charge on any atom is 0.416 e. The SMILES string of the molecule is CC(C)C1CC[C@@H](C)C[C@H]1C(=O)Nc1ccc(C(F)(F)F)cc1. The standard InChI is InChI=1S/C18H24F3NO/c1-11(2)15-9-4-12(3)10-16(15)17(23)22-14-7-5-13(6-8-14)18(19,20)21/h5-8,11-12,15-16H,4,9-10H2,1-3H3,(H,22,23)/t12-,15?,16-/m1/s1. The highest BCUT2D eigenvalue weighted by Crippen LogP contribution is 2.38. The van der Waals surface area contributed by atoms with E-state index in [9.17, 15) is 18.0 Å². The Labute approximate surface area is 135 Å². The zero-order chi connectivity index (χ0) is 17.2. The summed E-state index contributed by atoms with van der Waals surface area (Å²) in [5, 5.41) is 2.79. The van der Waals surface area contributed by atoms with Crippen molar-refractivity contribution < 1.29 is 18.0 Å². The van der Waals surface area contributed by atoms with Crippen LogP contribution in [0.4, 0.5) is 18.9 Å². The number of benzene rings is 1. The first-order valence-corrected chi connectivity index (χ1v) is 8.16. The fourth-order valence-corrected chi connectivity index (χ4v) is 3.48. The molecule has 0 saturated heterocycles. The molecule has 0 spiro atoms. The number of alkyl halides is 3. The molecule has 1 amide bonds. The highest BCUT2D eigenvalue weighted by atomic mass is 19.4. The molecule has 1 fully saturated rings. The lowest BCUT2D eigenvalue weighted by atomic mass is 9.70. The first kappa shape index (κ1) is 17.8. The molecule has 2 nitrogen and oxygen atoms in total. The Kier molecular flexibility index (Phi) is 5.37. The molecule has 3 atom stereocenters. The molecule has 1 aromatic carbocycles. The zero-order valence-corrected chi connectivity index (χ0v) is 13.8. The van der Waals surface area contributed by atoms with Gasteiger partial charge in [0, 0.05) is 11.6 Å². The topological polar surface area (TPSA) is 29.1 Å². The van der Waals surface area contributed by atoms with Crippen LogP contribution in [-0.4, -0.2) is 5.91 Å². The Hall–Kier alpha value is -1.52. The van der Waals surface area contributed by atoms with Gasteiger partial charge in [0.05, 0.1) is 5.56 Å². The predicted octanol–water partition coefficient (Wildman–Crippen LogP) is 5.35. The molecule has 5 heteroatoms. The van der Waals surface area contributed by atoms with Gasteiger partial charge in [-0.2, -0.15) is 13.2 Å². The molecule has 0 bridgehead atoms. The van der Waals surface area contributed by atoms with Crippen LogP contribution in [0.3, 0.4) is 0 Å². The van der Waals surface area contributed by atoms with E-state index in [-0.39, 0.29) is 11.8 Å². The van der Waals surface area contributed by atoms with Crippen LogP contribution in [0.1, 0.15) is 45.6 Å². The van der Waals surface area contributed by atoms with Gasteiger partial charge in [0.15, 0.2) is 0 Å². The minimum absolute atomic E-state index is 0.0685. The summed E-state index contributed by atoms with van der Waals surface area (Å²) in [6.07, 6.45) is -1.35. The predicted molar refractivity (Wildman–Crippen MR) is 84.9 cm³/mol. The summed E-state index contributed by atoms with van der Waals surface area (Å²) in [6, 6.07) is 4.63. The van der Waals surface area contributed by atoms with Gasteiger partial charge in [0.25, 0.3) is 0 Å². The average Bonchev–Trinajstić information content (AvgIpc) is 2.46. The molecular formula is C18H24F3NO. The lowest BCUT2D eigenvalue weighted by Gasteiger charge is -2.36. The summed E-state index contributed by atoms with van der Waals surface area (Å²) >= 11 is 0. The highest BCUT2D eigenvalue weighted by Gasteiger charge is 2.35. The summed E-state index contributed by atoms with van der Waals surface area (Å²) < 4.78 is 37.7. The molecule has 1 aliphatic rings. The minimum Gasteiger partial charge on any atom is -0.326 e. The van der Waals surface area contributed by atoms with Gasteiger partial charge < -0.3 is 5.32 Å². The van der Waals surface area contributed by atoms with E-state index in [2.05, 4.69) is 26.1 Å². The second kappa shape index (κ2) is 6.93. The number of halogens is 3. The first-order valence-electron chi connectivity index (χ1n) is 8.16. The van der Waals surface area contributed by atoms with Crippen molar-refractivity contribution >= 4 is 11.6 Å². The van der Waals surface area contributed by atoms with Gasteiger partial charge in [0.2, 0.25) is 5.91 Å². The molecule has 0 heterocycles. The van der Waals surface area contributed by atoms with E-state index in [1.165, 1.54) is 12.1 Å². The maximum absolute atomic E-state index is 12.6. The Morgan fingerprint density at radius 1 is 1.17 bits per heavy atom.